The lowest BCUT2D eigenvalue weighted by Crippen LogP contribution is -2.04. The van der Waals surface area contributed by atoms with Gasteiger partial charge in [-0.3, -0.25) is 4.79 Å². The fourth-order valence-electron chi connectivity index (χ4n) is 1.91. The second-order valence-corrected chi connectivity index (χ2v) is 5.14. The number of pyridine rings is 1. The maximum absolute atomic E-state index is 11.2. The molecule has 0 aliphatic carbocycles. The quantitative estimate of drug-likeness (QED) is 0.694. The molecule has 1 aromatic carbocycles. The predicted molar refractivity (Wildman–Crippen MR) is 78.6 cm³/mol. The van der Waals surface area contributed by atoms with E-state index in [-0.39, 0.29) is 12.4 Å². The second-order valence-electron chi connectivity index (χ2n) is 4.29. The van der Waals surface area contributed by atoms with E-state index in [0.29, 0.717) is 5.69 Å². The standard InChI is InChI=1S/C15H12N2O2S/c1-19-14(18)8-11-9-20-15(16-11)13-7-6-10-4-2-3-5-12(10)17-13/h2-7,9H,8H2,1H3. The highest BCUT2D eigenvalue weighted by atomic mass is 32.1. The lowest BCUT2D eigenvalue weighted by atomic mass is 10.2. The summed E-state index contributed by atoms with van der Waals surface area (Å²) in [5.41, 5.74) is 2.48. The van der Waals surface area contributed by atoms with Crippen molar-refractivity contribution in [3.63, 3.8) is 0 Å². The van der Waals surface area contributed by atoms with Crippen LogP contribution in [0.15, 0.2) is 41.8 Å². The Kier molecular flexibility index (Phi) is 3.43. The summed E-state index contributed by atoms with van der Waals surface area (Å²) in [6, 6.07) is 11.9. The third-order valence-corrected chi connectivity index (χ3v) is 3.84. The lowest BCUT2D eigenvalue weighted by Gasteiger charge is -1.99. The highest BCUT2D eigenvalue weighted by Gasteiger charge is 2.10. The number of hydrogen-bond donors (Lipinski definition) is 0. The van der Waals surface area contributed by atoms with E-state index in [1.54, 1.807) is 0 Å². The zero-order valence-corrected chi connectivity index (χ0v) is 11.7. The van der Waals surface area contributed by atoms with Crippen molar-refractivity contribution in [1.29, 1.82) is 0 Å². The van der Waals surface area contributed by atoms with Crippen molar-refractivity contribution in [3.05, 3.63) is 47.5 Å². The van der Waals surface area contributed by atoms with Crippen LogP contribution in [-0.2, 0) is 16.0 Å². The van der Waals surface area contributed by atoms with Gasteiger partial charge in [0.1, 0.15) is 5.01 Å². The average molecular weight is 284 g/mol. The summed E-state index contributed by atoms with van der Waals surface area (Å²) >= 11 is 1.48. The molecule has 0 bridgehead atoms. The van der Waals surface area contributed by atoms with Gasteiger partial charge < -0.3 is 4.74 Å². The van der Waals surface area contributed by atoms with Crippen molar-refractivity contribution in [1.82, 2.24) is 9.97 Å². The maximum Gasteiger partial charge on any atom is 0.311 e. The number of fused-ring (bicyclic) bond motifs is 1. The molecule has 100 valence electrons. The molecule has 0 spiro atoms. The van der Waals surface area contributed by atoms with Crippen LogP contribution in [0.5, 0.6) is 0 Å². The first-order chi connectivity index (χ1) is 9.76. The van der Waals surface area contributed by atoms with Crippen molar-refractivity contribution >= 4 is 28.2 Å². The van der Waals surface area contributed by atoms with Crippen LogP contribution >= 0.6 is 11.3 Å². The molecule has 0 aliphatic rings. The average Bonchev–Trinajstić information content (AvgIpc) is 2.95. The molecule has 3 aromatic rings. The van der Waals surface area contributed by atoms with E-state index in [1.807, 2.05) is 41.8 Å². The van der Waals surface area contributed by atoms with Crippen LogP contribution < -0.4 is 0 Å². The first-order valence-electron chi connectivity index (χ1n) is 6.13. The van der Waals surface area contributed by atoms with Gasteiger partial charge in [0.05, 0.1) is 30.4 Å². The number of esters is 1. The molecule has 2 aromatic heterocycles. The third-order valence-electron chi connectivity index (χ3n) is 2.92. The van der Waals surface area contributed by atoms with Gasteiger partial charge in [0.15, 0.2) is 0 Å². The minimum absolute atomic E-state index is 0.195. The van der Waals surface area contributed by atoms with Crippen LogP contribution in [0.2, 0.25) is 0 Å². The van der Waals surface area contributed by atoms with Crippen LogP contribution in [0, 0.1) is 0 Å². The van der Waals surface area contributed by atoms with Crippen molar-refractivity contribution in [2.75, 3.05) is 7.11 Å². The van der Waals surface area contributed by atoms with Crippen molar-refractivity contribution in [2.24, 2.45) is 0 Å². The SMILES string of the molecule is COC(=O)Cc1csc(-c2ccc3ccccc3n2)n1. The van der Waals surface area contributed by atoms with Gasteiger partial charge in [-0.1, -0.05) is 24.3 Å². The van der Waals surface area contributed by atoms with E-state index in [4.69, 9.17) is 0 Å². The third kappa shape index (κ3) is 2.53. The number of carbonyl (C=O) groups excluding carboxylic acids is 1. The molecule has 0 fully saturated rings. The van der Waals surface area contributed by atoms with Gasteiger partial charge >= 0.3 is 5.97 Å². The molecule has 0 aliphatic heterocycles. The molecular weight excluding hydrogens is 272 g/mol. The molecule has 0 unspecified atom stereocenters. The fraction of sp³-hybridized carbons (Fsp3) is 0.133. The van der Waals surface area contributed by atoms with Gasteiger partial charge in [-0.05, 0) is 12.1 Å². The summed E-state index contributed by atoms with van der Waals surface area (Å²) in [7, 11) is 1.38. The Balaban J connectivity index is 1.92. The summed E-state index contributed by atoms with van der Waals surface area (Å²) in [6.07, 6.45) is 0.195. The minimum atomic E-state index is -0.284. The van der Waals surface area contributed by atoms with Crippen LogP contribution in [0.1, 0.15) is 5.69 Å². The zero-order valence-electron chi connectivity index (χ0n) is 10.9. The molecule has 0 N–H and O–H groups in total. The van der Waals surface area contributed by atoms with Crippen LogP contribution in [-0.4, -0.2) is 23.0 Å². The number of para-hydroxylation sites is 1. The highest BCUT2D eigenvalue weighted by Crippen LogP contribution is 2.24. The Morgan fingerprint density at radius 2 is 2.05 bits per heavy atom. The monoisotopic (exact) mass is 284 g/mol. The number of ether oxygens (including phenoxy) is 1. The van der Waals surface area contributed by atoms with Crippen LogP contribution in [0.4, 0.5) is 0 Å². The van der Waals surface area contributed by atoms with Gasteiger partial charge in [-0.2, -0.15) is 0 Å². The Bertz CT molecular complexity index is 767. The number of carbonyl (C=O) groups is 1. The first-order valence-corrected chi connectivity index (χ1v) is 7.01. The number of hydrogen-bond acceptors (Lipinski definition) is 5. The van der Waals surface area contributed by atoms with Crippen LogP contribution in [0.3, 0.4) is 0 Å². The molecule has 5 heteroatoms. The lowest BCUT2D eigenvalue weighted by molar-refractivity contribution is -0.139. The molecule has 3 rings (SSSR count). The summed E-state index contributed by atoms with van der Waals surface area (Å²) in [5.74, 6) is -0.284. The molecule has 2 heterocycles. The van der Waals surface area contributed by atoms with E-state index in [2.05, 4.69) is 14.7 Å². The topological polar surface area (TPSA) is 52.1 Å². The van der Waals surface area contributed by atoms with Gasteiger partial charge in [0, 0.05) is 10.8 Å². The number of aromatic nitrogens is 2. The van der Waals surface area contributed by atoms with E-state index in [9.17, 15) is 4.79 Å². The van der Waals surface area contributed by atoms with Gasteiger partial charge in [0.25, 0.3) is 0 Å². The smallest absolute Gasteiger partial charge is 0.311 e. The zero-order chi connectivity index (χ0) is 13.9. The number of benzene rings is 1. The molecule has 0 radical (unpaired) electrons. The molecular formula is C15H12N2O2S. The van der Waals surface area contributed by atoms with E-state index in [0.717, 1.165) is 21.6 Å². The Morgan fingerprint density at radius 1 is 1.20 bits per heavy atom. The van der Waals surface area contributed by atoms with Crippen molar-refractivity contribution in [3.8, 4) is 10.7 Å². The Labute approximate surface area is 120 Å². The summed E-state index contributed by atoms with van der Waals surface area (Å²) in [5, 5.41) is 3.78. The molecule has 0 saturated heterocycles. The molecule has 0 amide bonds. The second kappa shape index (κ2) is 5.38. The molecule has 0 atom stereocenters. The van der Waals surface area contributed by atoms with E-state index in [1.165, 1.54) is 18.4 Å². The molecule has 4 nitrogen and oxygen atoms in total. The maximum atomic E-state index is 11.2. The Morgan fingerprint density at radius 3 is 2.90 bits per heavy atom. The van der Waals surface area contributed by atoms with E-state index >= 15 is 0 Å². The van der Waals surface area contributed by atoms with Crippen molar-refractivity contribution in [2.45, 2.75) is 6.42 Å². The predicted octanol–water partition coefficient (Wildman–Crippen LogP) is 3.07. The summed E-state index contributed by atoms with van der Waals surface area (Å²) < 4.78 is 4.64. The molecule has 20 heavy (non-hydrogen) atoms. The number of nitrogens with zero attached hydrogens (tertiary/aromatic N) is 2. The van der Waals surface area contributed by atoms with Gasteiger partial charge in [-0.25, -0.2) is 9.97 Å². The minimum Gasteiger partial charge on any atom is -0.469 e. The highest BCUT2D eigenvalue weighted by molar-refractivity contribution is 7.13. The number of thiazole rings is 1. The number of methoxy groups -OCH3 is 1. The first kappa shape index (κ1) is 12.7. The summed E-state index contributed by atoms with van der Waals surface area (Å²) in [4.78, 5) is 20.2. The fourth-order valence-corrected chi connectivity index (χ4v) is 2.70. The normalized spacial score (nSPS) is 10.7. The molecule has 0 saturated carbocycles. The Hall–Kier alpha value is -2.27. The van der Waals surface area contributed by atoms with Crippen LogP contribution in [0.25, 0.3) is 21.6 Å². The van der Waals surface area contributed by atoms with Gasteiger partial charge in [-0.15, -0.1) is 11.3 Å². The number of rotatable bonds is 3. The van der Waals surface area contributed by atoms with E-state index < -0.39 is 0 Å². The van der Waals surface area contributed by atoms with Gasteiger partial charge in [0.2, 0.25) is 0 Å². The van der Waals surface area contributed by atoms with Crippen molar-refractivity contribution < 1.29 is 9.53 Å². The summed E-state index contributed by atoms with van der Waals surface area (Å²) in [6.45, 7) is 0. The largest absolute Gasteiger partial charge is 0.469 e.